The third-order valence-electron chi connectivity index (χ3n) is 4.94. The summed E-state index contributed by atoms with van der Waals surface area (Å²) in [7, 11) is 1.67. The van der Waals surface area contributed by atoms with Crippen molar-refractivity contribution >= 4 is 11.8 Å². The minimum absolute atomic E-state index is 0.0948. The molecule has 1 aromatic rings. The zero-order valence-electron chi connectivity index (χ0n) is 14.4. The van der Waals surface area contributed by atoms with Gasteiger partial charge in [0.1, 0.15) is 5.82 Å². The second kappa shape index (κ2) is 7.93. The van der Waals surface area contributed by atoms with Crippen molar-refractivity contribution in [1.29, 1.82) is 0 Å². The number of nitrogens with one attached hydrogen (secondary N) is 1. The molecular weight excluding hydrogens is 325 g/mol. The van der Waals surface area contributed by atoms with Gasteiger partial charge in [-0.1, -0.05) is 12.1 Å². The van der Waals surface area contributed by atoms with Crippen LogP contribution in [-0.2, 0) is 14.3 Å². The molecule has 2 saturated heterocycles. The van der Waals surface area contributed by atoms with Crippen molar-refractivity contribution in [3.8, 4) is 0 Å². The van der Waals surface area contributed by atoms with E-state index in [0.717, 1.165) is 32.8 Å². The molecule has 7 heteroatoms. The highest BCUT2D eigenvalue weighted by molar-refractivity contribution is 5.90. The Morgan fingerprint density at radius 2 is 2.12 bits per heavy atom. The Labute approximate surface area is 146 Å². The van der Waals surface area contributed by atoms with E-state index >= 15 is 0 Å². The van der Waals surface area contributed by atoms with E-state index in [1.165, 1.54) is 12.1 Å². The molecule has 2 heterocycles. The number of amides is 2. The van der Waals surface area contributed by atoms with Crippen LogP contribution >= 0.6 is 0 Å². The number of hydrogen-bond acceptors (Lipinski definition) is 4. The number of likely N-dealkylation sites (tertiary alicyclic amines) is 1. The lowest BCUT2D eigenvalue weighted by atomic mass is 9.93. The summed E-state index contributed by atoms with van der Waals surface area (Å²) in [6.07, 6.45) is 0.154. The molecule has 2 amide bonds. The molecule has 6 nitrogen and oxygen atoms in total. The highest BCUT2D eigenvalue weighted by Crippen LogP contribution is 2.37. The number of hydrogen-bond donors (Lipinski definition) is 1. The summed E-state index contributed by atoms with van der Waals surface area (Å²) in [6, 6.07) is 5.70. The lowest BCUT2D eigenvalue weighted by molar-refractivity contribution is -0.128. The van der Waals surface area contributed by atoms with Gasteiger partial charge in [-0.25, -0.2) is 4.39 Å². The van der Waals surface area contributed by atoms with E-state index in [1.807, 2.05) is 0 Å². The fourth-order valence-corrected chi connectivity index (χ4v) is 3.54. The van der Waals surface area contributed by atoms with E-state index in [9.17, 15) is 14.0 Å². The Morgan fingerprint density at radius 1 is 1.36 bits per heavy atom. The number of morpholine rings is 1. The van der Waals surface area contributed by atoms with Crippen LogP contribution in [0.4, 0.5) is 4.39 Å². The van der Waals surface area contributed by atoms with Gasteiger partial charge in [0.05, 0.1) is 25.2 Å². The molecule has 2 atom stereocenters. The van der Waals surface area contributed by atoms with Crippen LogP contribution in [0, 0.1) is 11.7 Å². The van der Waals surface area contributed by atoms with Crippen molar-refractivity contribution in [2.75, 3.05) is 46.4 Å². The predicted octanol–water partition coefficient (Wildman–Crippen LogP) is 0.794. The Kier molecular flexibility index (Phi) is 5.65. The molecule has 3 rings (SSSR count). The average Bonchev–Trinajstić information content (AvgIpc) is 2.91. The second-order valence-electron chi connectivity index (χ2n) is 6.56. The number of rotatable bonds is 5. The van der Waals surface area contributed by atoms with Gasteiger partial charge >= 0.3 is 0 Å². The first kappa shape index (κ1) is 17.8. The summed E-state index contributed by atoms with van der Waals surface area (Å²) in [6.45, 7) is 4.47. The molecule has 136 valence electrons. The minimum atomic E-state index is -0.496. The molecule has 0 radical (unpaired) electrons. The van der Waals surface area contributed by atoms with Crippen molar-refractivity contribution < 1.29 is 18.7 Å². The van der Waals surface area contributed by atoms with Gasteiger partial charge in [-0.15, -0.1) is 0 Å². The number of ether oxygens (including phenoxy) is 1. The lowest BCUT2D eigenvalue weighted by Crippen LogP contribution is -2.43. The van der Waals surface area contributed by atoms with Crippen molar-refractivity contribution in [3.05, 3.63) is 35.6 Å². The Balaban J connectivity index is 1.62. The number of halogens is 1. The van der Waals surface area contributed by atoms with Crippen LogP contribution in [0.3, 0.4) is 0 Å². The first-order chi connectivity index (χ1) is 12.1. The quantitative estimate of drug-likeness (QED) is 0.854. The van der Waals surface area contributed by atoms with Gasteiger partial charge in [0.25, 0.3) is 0 Å². The molecule has 0 aromatic heterocycles. The highest BCUT2D eigenvalue weighted by atomic mass is 19.1. The summed E-state index contributed by atoms with van der Waals surface area (Å²) >= 11 is 0. The molecule has 2 aliphatic heterocycles. The van der Waals surface area contributed by atoms with E-state index in [1.54, 1.807) is 24.1 Å². The second-order valence-corrected chi connectivity index (χ2v) is 6.56. The zero-order valence-corrected chi connectivity index (χ0v) is 14.4. The van der Waals surface area contributed by atoms with Crippen LogP contribution < -0.4 is 5.32 Å². The maximum Gasteiger partial charge on any atom is 0.226 e. The molecular formula is C18H24FN3O3. The van der Waals surface area contributed by atoms with Crippen LogP contribution in [0.1, 0.15) is 18.0 Å². The van der Waals surface area contributed by atoms with Crippen molar-refractivity contribution in [2.45, 2.75) is 12.5 Å². The molecule has 0 saturated carbocycles. The summed E-state index contributed by atoms with van der Waals surface area (Å²) in [5, 5.41) is 2.93. The third kappa shape index (κ3) is 4.16. The first-order valence-corrected chi connectivity index (χ1v) is 8.65. The van der Waals surface area contributed by atoms with Gasteiger partial charge in [-0.05, 0) is 17.7 Å². The summed E-state index contributed by atoms with van der Waals surface area (Å²) in [4.78, 5) is 28.5. The van der Waals surface area contributed by atoms with Crippen LogP contribution in [0.5, 0.6) is 0 Å². The molecule has 0 spiro atoms. The third-order valence-corrected chi connectivity index (χ3v) is 4.94. The zero-order chi connectivity index (χ0) is 17.8. The van der Waals surface area contributed by atoms with Gasteiger partial charge in [-0.3, -0.25) is 14.5 Å². The van der Waals surface area contributed by atoms with Gasteiger partial charge in [0.15, 0.2) is 0 Å². The molecule has 2 fully saturated rings. The SMILES string of the molecule is CN1C(=O)C[C@@H](C(=O)NCCN2CCOCC2)[C@@H]1c1cccc(F)c1. The Bertz CT molecular complexity index is 634. The van der Waals surface area contributed by atoms with Crippen molar-refractivity contribution in [1.82, 2.24) is 15.1 Å². The number of benzene rings is 1. The van der Waals surface area contributed by atoms with Crippen LogP contribution in [0.15, 0.2) is 24.3 Å². The Morgan fingerprint density at radius 3 is 2.84 bits per heavy atom. The topological polar surface area (TPSA) is 61.9 Å². The van der Waals surface area contributed by atoms with E-state index in [0.29, 0.717) is 12.1 Å². The maximum absolute atomic E-state index is 13.6. The fourth-order valence-electron chi connectivity index (χ4n) is 3.54. The number of carbonyl (C=O) groups excluding carboxylic acids is 2. The summed E-state index contributed by atoms with van der Waals surface area (Å²) in [5.74, 6) is -1.11. The molecule has 1 N–H and O–H groups in total. The largest absolute Gasteiger partial charge is 0.379 e. The number of nitrogens with zero attached hydrogens (tertiary/aromatic N) is 2. The molecule has 0 bridgehead atoms. The molecule has 1 aromatic carbocycles. The molecule has 0 aliphatic carbocycles. The number of carbonyl (C=O) groups is 2. The summed E-state index contributed by atoms with van der Waals surface area (Å²) < 4.78 is 18.9. The maximum atomic E-state index is 13.6. The Hall–Kier alpha value is -1.99. The first-order valence-electron chi connectivity index (χ1n) is 8.65. The molecule has 0 unspecified atom stereocenters. The summed E-state index contributed by atoms with van der Waals surface area (Å²) in [5.41, 5.74) is 0.654. The van der Waals surface area contributed by atoms with Gasteiger partial charge < -0.3 is 15.0 Å². The molecule has 25 heavy (non-hydrogen) atoms. The molecule has 2 aliphatic rings. The monoisotopic (exact) mass is 349 g/mol. The van der Waals surface area contributed by atoms with Gasteiger partial charge in [0, 0.05) is 39.6 Å². The fraction of sp³-hybridized carbons (Fsp3) is 0.556. The highest BCUT2D eigenvalue weighted by Gasteiger charge is 2.42. The van der Waals surface area contributed by atoms with Crippen LogP contribution in [0.2, 0.25) is 0 Å². The van der Waals surface area contributed by atoms with Gasteiger partial charge in [-0.2, -0.15) is 0 Å². The van der Waals surface area contributed by atoms with E-state index in [4.69, 9.17) is 4.74 Å². The smallest absolute Gasteiger partial charge is 0.226 e. The lowest BCUT2D eigenvalue weighted by Gasteiger charge is -2.27. The van der Waals surface area contributed by atoms with Crippen molar-refractivity contribution in [2.24, 2.45) is 5.92 Å². The van der Waals surface area contributed by atoms with Crippen LogP contribution in [-0.4, -0.2) is 68.1 Å². The average molecular weight is 349 g/mol. The minimum Gasteiger partial charge on any atom is -0.379 e. The standard InChI is InChI=1S/C18H24FN3O3/c1-21-16(23)12-15(17(21)13-3-2-4-14(19)11-13)18(24)20-5-6-22-7-9-25-10-8-22/h2-4,11,15,17H,5-10,12H2,1H3,(H,20,24)/t15-,17+/m1/s1. The van der Waals surface area contributed by atoms with Crippen LogP contribution in [0.25, 0.3) is 0 Å². The normalized spacial score (nSPS) is 24.6. The predicted molar refractivity (Wildman–Crippen MR) is 90.3 cm³/mol. The van der Waals surface area contributed by atoms with Crippen molar-refractivity contribution in [3.63, 3.8) is 0 Å². The van der Waals surface area contributed by atoms with Gasteiger partial charge in [0.2, 0.25) is 11.8 Å². The van der Waals surface area contributed by atoms with E-state index in [-0.39, 0.29) is 24.1 Å². The van der Waals surface area contributed by atoms with E-state index in [2.05, 4.69) is 10.2 Å². The van der Waals surface area contributed by atoms with E-state index < -0.39 is 12.0 Å².